The van der Waals surface area contributed by atoms with Gasteiger partial charge in [-0.25, -0.2) is 0 Å². The number of carbonyl (C=O) groups is 1. The van der Waals surface area contributed by atoms with Crippen LogP contribution in [0.5, 0.6) is 5.75 Å². The molecule has 1 aliphatic rings. The Morgan fingerprint density at radius 2 is 2.18 bits per heavy atom. The van der Waals surface area contributed by atoms with Gasteiger partial charge in [0.15, 0.2) is 0 Å². The molecule has 1 aliphatic heterocycles. The maximum absolute atomic E-state index is 10.5. The third-order valence-electron chi connectivity index (χ3n) is 2.93. The van der Waals surface area contributed by atoms with Crippen LogP contribution in [-0.2, 0) is 11.2 Å². The summed E-state index contributed by atoms with van der Waals surface area (Å²) in [6, 6.07) is 7.30. The molecular formula is C13H17NO3. The molecule has 1 aromatic carbocycles. The van der Waals surface area contributed by atoms with Gasteiger partial charge in [0.1, 0.15) is 11.9 Å². The third kappa shape index (κ3) is 3.46. The molecule has 1 aromatic rings. The van der Waals surface area contributed by atoms with Crippen molar-refractivity contribution < 1.29 is 14.6 Å². The summed E-state index contributed by atoms with van der Waals surface area (Å²) >= 11 is 0. The lowest BCUT2D eigenvalue weighted by atomic mass is 10.1. The van der Waals surface area contributed by atoms with Crippen molar-refractivity contribution in [2.24, 2.45) is 0 Å². The molecule has 1 saturated heterocycles. The molecular weight excluding hydrogens is 218 g/mol. The number of hydrogen-bond donors (Lipinski definition) is 1. The van der Waals surface area contributed by atoms with Crippen LogP contribution in [-0.4, -0.2) is 42.2 Å². The number of likely N-dealkylation sites (tertiary alicyclic amines) is 1. The van der Waals surface area contributed by atoms with Crippen LogP contribution in [0.1, 0.15) is 12.0 Å². The first-order valence-electron chi connectivity index (χ1n) is 5.79. The predicted octanol–water partition coefficient (Wildman–Crippen LogP) is 1.40. The number of ether oxygens (including phenoxy) is 1. The van der Waals surface area contributed by atoms with E-state index in [-0.39, 0.29) is 12.5 Å². The predicted molar refractivity (Wildman–Crippen MR) is 64.3 cm³/mol. The zero-order valence-electron chi connectivity index (χ0n) is 9.93. The number of likely N-dealkylation sites (N-methyl/N-ethyl adjacent to an activating group) is 1. The van der Waals surface area contributed by atoms with Gasteiger partial charge in [-0.2, -0.15) is 0 Å². The SMILES string of the molecule is CN1CCC(Oc2ccc(CC(=O)O)cc2)C1. The molecule has 0 spiro atoms. The van der Waals surface area contributed by atoms with Crippen molar-refractivity contribution in [3.63, 3.8) is 0 Å². The Hall–Kier alpha value is -1.55. The van der Waals surface area contributed by atoms with Crippen LogP contribution < -0.4 is 4.74 Å². The van der Waals surface area contributed by atoms with E-state index in [1.54, 1.807) is 0 Å². The topological polar surface area (TPSA) is 49.8 Å². The van der Waals surface area contributed by atoms with E-state index in [1.165, 1.54) is 0 Å². The van der Waals surface area contributed by atoms with Crippen molar-refractivity contribution >= 4 is 5.97 Å². The average molecular weight is 235 g/mol. The van der Waals surface area contributed by atoms with Gasteiger partial charge >= 0.3 is 5.97 Å². The van der Waals surface area contributed by atoms with Crippen molar-refractivity contribution in [1.29, 1.82) is 0 Å². The summed E-state index contributed by atoms with van der Waals surface area (Å²) in [6.45, 7) is 2.03. The fourth-order valence-corrected chi connectivity index (χ4v) is 2.04. The number of rotatable bonds is 4. The summed E-state index contributed by atoms with van der Waals surface area (Å²) in [5.41, 5.74) is 0.799. The van der Waals surface area contributed by atoms with Gasteiger partial charge in [0, 0.05) is 13.1 Å². The first-order chi connectivity index (χ1) is 8.13. The Labute approximate surface area is 101 Å². The van der Waals surface area contributed by atoms with Gasteiger partial charge in [-0.15, -0.1) is 0 Å². The maximum Gasteiger partial charge on any atom is 0.307 e. The lowest BCUT2D eigenvalue weighted by Crippen LogP contribution is -2.21. The van der Waals surface area contributed by atoms with E-state index < -0.39 is 5.97 Å². The molecule has 0 saturated carbocycles. The van der Waals surface area contributed by atoms with E-state index >= 15 is 0 Å². The number of carboxylic acid groups (broad SMARTS) is 1. The van der Waals surface area contributed by atoms with Crippen LogP contribution in [0.2, 0.25) is 0 Å². The largest absolute Gasteiger partial charge is 0.489 e. The van der Waals surface area contributed by atoms with E-state index in [0.717, 1.165) is 30.8 Å². The second-order valence-corrected chi connectivity index (χ2v) is 4.51. The second-order valence-electron chi connectivity index (χ2n) is 4.51. The number of nitrogens with zero attached hydrogens (tertiary/aromatic N) is 1. The minimum absolute atomic E-state index is 0.0620. The van der Waals surface area contributed by atoms with Crippen LogP contribution in [0.15, 0.2) is 24.3 Å². The Balaban J connectivity index is 1.91. The van der Waals surface area contributed by atoms with Crippen molar-refractivity contribution in [1.82, 2.24) is 4.90 Å². The molecule has 17 heavy (non-hydrogen) atoms. The first-order valence-corrected chi connectivity index (χ1v) is 5.79. The first kappa shape index (κ1) is 11.9. The van der Waals surface area contributed by atoms with Gasteiger partial charge in [-0.3, -0.25) is 4.79 Å². The summed E-state index contributed by atoms with van der Waals surface area (Å²) in [5, 5.41) is 8.66. The fourth-order valence-electron chi connectivity index (χ4n) is 2.04. The Bertz CT molecular complexity index is 388. The minimum atomic E-state index is -0.809. The highest BCUT2D eigenvalue weighted by Gasteiger charge is 2.20. The molecule has 0 aliphatic carbocycles. The van der Waals surface area contributed by atoms with Crippen molar-refractivity contribution in [2.75, 3.05) is 20.1 Å². The minimum Gasteiger partial charge on any atom is -0.489 e. The molecule has 1 fully saturated rings. The van der Waals surface area contributed by atoms with Crippen LogP contribution in [0.4, 0.5) is 0 Å². The zero-order chi connectivity index (χ0) is 12.3. The Kier molecular flexibility index (Phi) is 3.64. The highest BCUT2D eigenvalue weighted by molar-refractivity contribution is 5.70. The highest BCUT2D eigenvalue weighted by Crippen LogP contribution is 2.18. The summed E-state index contributed by atoms with van der Waals surface area (Å²) in [4.78, 5) is 12.8. The molecule has 1 heterocycles. The lowest BCUT2D eigenvalue weighted by Gasteiger charge is -2.13. The number of carboxylic acids is 1. The quantitative estimate of drug-likeness (QED) is 0.857. The van der Waals surface area contributed by atoms with Crippen LogP contribution in [0, 0.1) is 0 Å². The molecule has 0 amide bonds. The normalized spacial score (nSPS) is 20.4. The Morgan fingerprint density at radius 3 is 2.71 bits per heavy atom. The third-order valence-corrected chi connectivity index (χ3v) is 2.93. The van der Waals surface area contributed by atoms with E-state index in [2.05, 4.69) is 11.9 Å². The summed E-state index contributed by atoms with van der Waals surface area (Å²) in [7, 11) is 2.08. The summed E-state index contributed by atoms with van der Waals surface area (Å²) in [6.07, 6.45) is 1.37. The molecule has 0 aromatic heterocycles. The van der Waals surface area contributed by atoms with Crippen molar-refractivity contribution in [2.45, 2.75) is 18.9 Å². The van der Waals surface area contributed by atoms with Crippen LogP contribution >= 0.6 is 0 Å². The van der Waals surface area contributed by atoms with Gasteiger partial charge in [-0.05, 0) is 31.2 Å². The molecule has 2 rings (SSSR count). The smallest absolute Gasteiger partial charge is 0.307 e. The standard InChI is InChI=1S/C13H17NO3/c1-14-7-6-12(9-14)17-11-4-2-10(3-5-11)8-13(15)16/h2-5,12H,6-9H2,1H3,(H,15,16). The molecule has 1 atom stereocenters. The maximum atomic E-state index is 10.5. The fraction of sp³-hybridized carbons (Fsp3) is 0.462. The second kappa shape index (κ2) is 5.19. The average Bonchev–Trinajstić information content (AvgIpc) is 2.66. The van der Waals surface area contributed by atoms with Crippen LogP contribution in [0.25, 0.3) is 0 Å². The monoisotopic (exact) mass is 235 g/mol. The van der Waals surface area contributed by atoms with Crippen molar-refractivity contribution in [3.8, 4) is 5.75 Å². The molecule has 1 unspecified atom stereocenters. The molecule has 92 valence electrons. The zero-order valence-corrected chi connectivity index (χ0v) is 9.93. The van der Waals surface area contributed by atoms with Crippen molar-refractivity contribution in [3.05, 3.63) is 29.8 Å². The molecule has 1 N–H and O–H groups in total. The summed E-state index contributed by atoms with van der Waals surface area (Å²) in [5.74, 6) is 0.00975. The van der Waals surface area contributed by atoms with Gasteiger partial charge in [0.05, 0.1) is 6.42 Å². The number of aliphatic carboxylic acids is 1. The highest BCUT2D eigenvalue weighted by atomic mass is 16.5. The van der Waals surface area contributed by atoms with E-state index in [0.29, 0.717) is 0 Å². The molecule has 0 bridgehead atoms. The lowest BCUT2D eigenvalue weighted by molar-refractivity contribution is -0.136. The summed E-state index contributed by atoms with van der Waals surface area (Å²) < 4.78 is 5.82. The van der Waals surface area contributed by atoms with E-state index in [4.69, 9.17) is 9.84 Å². The van der Waals surface area contributed by atoms with Gasteiger partial charge in [0.2, 0.25) is 0 Å². The van der Waals surface area contributed by atoms with Crippen LogP contribution in [0.3, 0.4) is 0 Å². The van der Waals surface area contributed by atoms with Gasteiger partial charge in [0.25, 0.3) is 0 Å². The number of benzene rings is 1. The van der Waals surface area contributed by atoms with E-state index in [9.17, 15) is 4.79 Å². The molecule has 4 nitrogen and oxygen atoms in total. The molecule has 4 heteroatoms. The Morgan fingerprint density at radius 1 is 1.47 bits per heavy atom. The van der Waals surface area contributed by atoms with Gasteiger partial charge < -0.3 is 14.7 Å². The van der Waals surface area contributed by atoms with E-state index in [1.807, 2.05) is 24.3 Å². The number of hydrogen-bond acceptors (Lipinski definition) is 3. The van der Waals surface area contributed by atoms with Gasteiger partial charge in [-0.1, -0.05) is 12.1 Å². The molecule has 0 radical (unpaired) electrons.